The van der Waals surface area contributed by atoms with Gasteiger partial charge in [0.25, 0.3) is 0 Å². The summed E-state index contributed by atoms with van der Waals surface area (Å²) < 4.78 is 5.49. The van der Waals surface area contributed by atoms with Crippen LogP contribution in [0.15, 0.2) is 40.8 Å². The lowest BCUT2D eigenvalue weighted by Crippen LogP contribution is -2.31. The van der Waals surface area contributed by atoms with Gasteiger partial charge in [-0.05, 0) is 43.7 Å². The first-order chi connectivity index (χ1) is 11.3. The van der Waals surface area contributed by atoms with E-state index in [9.17, 15) is 9.59 Å². The number of nitrogens with zero attached hydrogens (tertiary/aromatic N) is 1. The number of hydrogen-bond donors (Lipinski definition) is 2. The minimum absolute atomic E-state index is 0.0380. The van der Waals surface area contributed by atoms with Crippen LogP contribution in [-0.2, 0) is 11.2 Å². The van der Waals surface area contributed by atoms with Crippen LogP contribution >= 0.6 is 0 Å². The Morgan fingerprint density at radius 1 is 1.12 bits per heavy atom. The van der Waals surface area contributed by atoms with Crippen molar-refractivity contribution in [3.63, 3.8) is 0 Å². The number of urea groups is 1. The largest absolute Gasteiger partial charge is 0.464 e. The average Bonchev–Trinajstić information content (AvgIpc) is 2.95. The van der Waals surface area contributed by atoms with Gasteiger partial charge in [-0.15, -0.1) is 0 Å². The molecule has 0 bridgehead atoms. The number of carbonyl (C=O) groups is 2. The van der Waals surface area contributed by atoms with E-state index >= 15 is 0 Å². The Hall–Kier alpha value is -2.76. The monoisotopic (exact) mass is 329 g/mol. The van der Waals surface area contributed by atoms with Crippen LogP contribution in [0.2, 0.25) is 0 Å². The third kappa shape index (κ3) is 4.87. The van der Waals surface area contributed by atoms with Crippen LogP contribution in [0.4, 0.5) is 10.5 Å². The molecule has 0 saturated carbocycles. The van der Waals surface area contributed by atoms with Crippen LogP contribution in [0, 0.1) is 6.92 Å². The number of rotatable bonds is 5. The van der Waals surface area contributed by atoms with E-state index in [4.69, 9.17) is 4.42 Å². The fourth-order valence-corrected chi connectivity index (χ4v) is 2.16. The highest BCUT2D eigenvalue weighted by Gasteiger charge is 2.13. The van der Waals surface area contributed by atoms with Gasteiger partial charge in [-0.1, -0.05) is 12.1 Å². The van der Waals surface area contributed by atoms with Gasteiger partial charge in [0.05, 0.1) is 12.5 Å². The van der Waals surface area contributed by atoms with E-state index in [0.717, 1.165) is 11.3 Å². The summed E-state index contributed by atoms with van der Waals surface area (Å²) in [5.41, 5.74) is 1.57. The summed E-state index contributed by atoms with van der Waals surface area (Å²) in [7, 11) is 3.45. The molecule has 0 saturated heterocycles. The van der Waals surface area contributed by atoms with Gasteiger partial charge in [0.1, 0.15) is 11.5 Å². The Bertz CT molecular complexity index is 705. The number of nitrogens with one attached hydrogen (secondary N) is 2. The van der Waals surface area contributed by atoms with Crippen LogP contribution in [0.3, 0.4) is 0 Å². The number of aryl methyl sites for hydroxylation is 1. The van der Waals surface area contributed by atoms with Crippen molar-refractivity contribution in [2.75, 3.05) is 19.4 Å². The number of anilines is 1. The topological polar surface area (TPSA) is 74.6 Å². The molecule has 2 aromatic rings. The van der Waals surface area contributed by atoms with Crippen molar-refractivity contribution in [1.82, 2.24) is 10.2 Å². The van der Waals surface area contributed by atoms with Crippen molar-refractivity contribution in [3.8, 4) is 0 Å². The molecule has 1 unspecified atom stereocenters. The molecule has 1 heterocycles. The van der Waals surface area contributed by atoms with Gasteiger partial charge >= 0.3 is 6.03 Å². The van der Waals surface area contributed by atoms with E-state index in [1.54, 1.807) is 31.1 Å². The lowest BCUT2D eigenvalue weighted by molar-refractivity contribution is -0.127. The van der Waals surface area contributed by atoms with Crippen LogP contribution in [0.1, 0.15) is 30.0 Å². The normalized spacial score (nSPS) is 11.7. The molecule has 0 aliphatic heterocycles. The van der Waals surface area contributed by atoms with Gasteiger partial charge in [0.15, 0.2) is 0 Å². The molecule has 0 aliphatic rings. The molecule has 1 atom stereocenters. The fraction of sp³-hybridized carbons (Fsp3) is 0.333. The Kier molecular flexibility index (Phi) is 5.63. The zero-order chi connectivity index (χ0) is 17.7. The summed E-state index contributed by atoms with van der Waals surface area (Å²) in [5.74, 6) is 1.55. The van der Waals surface area contributed by atoms with Crippen molar-refractivity contribution in [2.45, 2.75) is 26.3 Å². The van der Waals surface area contributed by atoms with Gasteiger partial charge < -0.3 is 20.0 Å². The van der Waals surface area contributed by atoms with E-state index in [1.807, 2.05) is 38.1 Å². The molecule has 24 heavy (non-hydrogen) atoms. The van der Waals surface area contributed by atoms with Crippen LogP contribution < -0.4 is 10.6 Å². The van der Waals surface area contributed by atoms with Gasteiger partial charge in [-0.25, -0.2) is 4.79 Å². The van der Waals surface area contributed by atoms with E-state index in [0.29, 0.717) is 17.9 Å². The van der Waals surface area contributed by atoms with Crippen molar-refractivity contribution in [1.29, 1.82) is 0 Å². The molecule has 6 nitrogen and oxygen atoms in total. The fourth-order valence-electron chi connectivity index (χ4n) is 2.16. The smallest absolute Gasteiger partial charge is 0.319 e. The third-order valence-electron chi connectivity index (χ3n) is 3.60. The zero-order valence-corrected chi connectivity index (χ0v) is 14.4. The van der Waals surface area contributed by atoms with E-state index in [-0.39, 0.29) is 18.0 Å². The maximum Gasteiger partial charge on any atom is 0.319 e. The SMILES string of the molecule is Cc1ccc(C(C)NC(=O)Nc2ccc(CC(=O)N(C)C)cc2)o1. The first-order valence-corrected chi connectivity index (χ1v) is 7.78. The molecule has 0 aliphatic carbocycles. The van der Waals surface area contributed by atoms with Crippen LogP contribution in [0.25, 0.3) is 0 Å². The summed E-state index contributed by atoms with van der Waals surface area (Å²) >= 11 is 0. The average molecular weight is 329 g/mol. The number of hydrogen-bond acceptors (Lipinski definition) is 3. The number of carbonyl (C=O) groups excluding carboxylic acids is 2. The number of benzene rings is 1. The lowest BCUT2D eigenvalue weighted by Gasteiger charge is -2.13. The predicted octanol–water partition coefficient (Wildman–Crippen LogP) is 3.10. The minimum atomic E-state index is -0.311. The number of furan rings is 1. The molecule has 1 aromatic heterocycles. The minimum Gasteiger partial charge on any atom is -0.464 e. The second-order valence-corrected chi connectivity index (χ2v) is 5.93. The number of amides is 3. The molecular weight excluding hydrogens is 306 g/mol. The highest BCUT2D eigenvalue weighted by atomic mass is 16.3. The summed E-state index contributed by atoms with van der Waals surface area (Å²) in [6, 6.07) is 10.4. The first-order valence-electron chi connectivity index (χ1n) is 7.78. The van der Waals surface area contributed by atoms with Crippen molar-refractivity contribution in [3.05, 3.63) is 53.5 Å². The van der Waals surface area contributed by atoms with Crippen molar-refractivity contribution >= 4 is 17.6 Å². The summed E-state index contributed by atoms with van der Waals surface area (Å²) in [6.45, 7) is 3.71. The highest BCUT2D eigenvalue weighted by molar-refractivity contribution is 5.89. The van der Waals surface area contributed by atoms with Gasteiger partial charge in [0, 0.05) is 19.8 Å². The molecule has 6 heteroatoms. The molecule has 0 spiro atoms. The van der Waals surface area contributed by atoms with E-state index in [1.165, 1.54) is 0 Å². The molecule has 2 N–H and O–H groups in total. The standard InChI is InChI=1S/C18H23N3O3/c1-12-5-10-16(24-12)13(2)19-18(23)20-15-8-6-14(7-9-15)11-17(22)21(3)4/h5-10,13H,11H2,1-4H3,(H2,19,20,23). The second kappa shape index (κ2) is 7.68. The number of likely N-dealkylation sites (N-methyl/N-ethyl adjacent to an activating group) is 1. The van der Waals surface area contributed by atoms with Crippen molar-refractivity contribution in [2.24, 2.45) is 0 Å². The molecule has 2 rings (SSSR count). The Morgan fingerprint density at radius 3 is 2.33 bits per heavy atom. The van der Waals surface area contributed by atoms with E-state index < -0.39 is 0 Å². The Morgan fingerprint density at radius 2 is 1.79 bits per heavy atom. The zero-order valence-electron chi connectivity index (χ0n) is 14.4. The van der Waals surface area contributed by atoms with Gasteiger partial charge in [0.2, 0.25) is 5.91 Å². The summed E-state index contributed by atoms with van der Waals surface area (Å²) in [5, 5.41) is 5.58. The maximum atomic E-state index is 12.0. The Labute approximate surface area is 141 Å². The Balaban J connectivity index is 1.88. The molecule has 128 valence electrons. The van der Waals surface area contributed by atoms with Gasteiger partial charge in [-0.2, -0.15) is 0 Å². The van der Waals surface area contributed by atoms with Crippen molar-refractivity contribution < 1.29 is 14.0 Å². The molecule has 0 fully saturated rings. The quantitative estimate of drug-likeness (QED) is 0.885. The lowest BCUT2D eigenvalue weighted by atomic mass is 10.1. The van der Waals surface area contributed by atoms with Crippen LogP contribution in [-0.4, -0.2) is 30.9 Å². The molecular formula is C18H23N3O3. The predicted molar refractivity (Wildman–Crippen MR) is 92.9 cm³/mol. The first kappa shape index (κ1) is 17.6. The molecule has 1 aromatic carbocycles. The molecule has 0 radical (unpaired) electrons. The van der Waals surface area contributed by atoms with E-state index in [2.05, 4.69) is 10.6 Å². The van der Waals surface area contributed by atoms with Gasteiger partial charge in [-0.3, -0.25) is 4.79 Å². The second-order valence-electron chi connectivity index (χ2n) is 5.93. The van der Waals surface area contributed by atoms with Crippen LogP contribution in [0.5, 0.6) is 0 Å². The summed E-state index contributed by atoms with van der Waals surface area (Å²) in [4.78, 5) is 25.3. The highest BCUT2D eigenvalue weighted by Crippen LogP contribution is 2.16. The molecule has 3 amide bonds. The summed E-state index contributed by atoms with van der Waals surface area (Å²) in [6.07, 6.45) is 0.342. The third-order valence-corrected chi connectivity index (χ3v) is 3.60. The maximum absolute atomic E-state index is 12.0.